The van der Waals surface area contributed by atoms with Crippen molar-refractivity contribution >= 4 is 5.91 Å². The van der Waals surface area contributed by atoms with Gasteiger partial charge in [0, 0.05) is 25.7 Å². The zero-order valence-corrected chi connectivity index (χ0v) is 12.9. The zero-order valence-electron chi connectivity index (χ0n) is 12.9. The highest BCUT2D eigenvalue weighted by Gasteiger charge is 2.17. The van der Waals surface area contributed by atoms with E-state index in [4.69, 9.17) is 9.47 Å². The number of carbonyl (C=O) groups excluding carboxylic acids is 1. The summed E-state index contributed by atoms with van der Waals surface area (Å²) in [6.07, 6.45) is 0. The first kappa shape index (κ1) is 16.3. The number of nitrogens with one attached hydrogen (secondary N) is 1. The fraction of sp³-hybridized carbons (Fsp3) is 0.533. The Kier molecular flexibility index (Phi) is 6.31. The fourth-order valence-electron chi connectivity index (χ4n) is 1.93. The van der Waals surface area contributed by atoms with Gasteiger partial charge in [0.15, 0.2) is 11.5 Å². The molecule has 20 heavy (non-hydrogen) atoms. The minimum atomic E-state index is -0.240. The number of benzene rings is 1. The summed E-state index contributed by atoms with van der Waals surface area (Å²) < 4.78 is 10.6. The van der Waals surface area contributed by atoms with Crippen molar-refractivity contribution in [1.29, 1.82) is 0 Å². The van der Waals surface area contributed by atoms with Crippen molar-refractivity contribution in [2.45, 2.75) is 26.4 Å². The standard InChI is InChI=1S/C15H24N2O3/c1-6-17(3)15(18)11(2)16-10-12-8-7-9-13(19-4)14(12)20-5/h7-9,11,16H,6,10H2,1-5H3. The molecular weight excluding hydrogens is 256 g/mol. The van der Waals surface area contributed by atoms with Gasteiger partial charge in [-0.3, -0.25) is 4.79 Å². The van der Waals surface area contributed by atoms with E-state index in [9.17, 15) is 4.79 Å². The smallest absolute Gasteiger partial charge is 0.239 e. The SMILES string of the molecule is CCN(C)C(=O)C(C)NCc1cccc(OC)c1OC. The second-order valence-electron chi connectivity index (χ2n) is 4.61. The van der Waals surface area contributed by atoms with E-state index in [0.29, 0.717) is 24.6 Å². The number of ether oxygens (including phenoxy) is 2. The van der Waals surface area contributed by atoms with Crippen LogP contribution in [-0.2, 0) is 11.3 Å². The van der Waals surface area contributed by atoms with Crippen LogP contribution >= 0.6 is 0 Å². The van der Waals surface area contributed by atoms with Gasteiger partial charge in [-0.2, -0.15) is 0 Å². The second kappa shape index (κ2) is 7.75. The van der Waals surface area contributed by atoms with E-state index in [2.05, 4.69) is 5.32 Å². The monoisotopic (exact) mass is 280 g/mol. The molecule has 0 saturated carbocycles. The molecule has 1 amide bonds. The van der Waals surface area contributed by atoms with Crippen LogP contribution in [0.2, 0.25) is 0 Å². The van der Waals surface area contributed by atoms with Gasteiger partial charge in [-0.15, -0.1) is 0 Å². The Balaban J connectivity index is 2.73. The summed E-state index contributed by atoms with van der Waals surface area (Å²) in [5.74, 6) is 1.47. The molecule has 0 bridgehead atoms. The van der Waals surface area contributed by atoms with Gasteiger partial charge in [0.2, 0.25) is 5.91 Å². The third-order valence-corrected chi connectivity index (χ3v) is 3.30. The van der Waals surface area contributed by atoms with E-state index in [1.807, 2.05) is 32.0 Å². The van der Waals surface area contributed by atoms with Crippen LogP contribution in [0.3, 0.4) is 0 Å². The second-order valence-corrected chi connectivity index (χ2v) is 4.61. The third kappa shape index (κ3) is 3.87. The minimum absolute atomic E-state index is 0.0781. The number of rotatable bonds is 7. The number of hydrogen-bond donors (Lipinski definition) is 1. The molecule has 1 atom stereocenters. The number of para-hydroxylation sites is 1. The van der Waals surface area contributed by atoms with E-state index < -0.39 is 0 Å². The van der Waals surface area contributed by atoms with E-state index in [0.717, 1.165) is 5.56 Å². The number of hydrogen-bond acceptors (Lipinski definition) is 4. The number of methoxy groups -OCH3 is 2. The van der Waals surface area contributed by atoms with E-state index in [-0.39, 0.29) is 11.9 Å². The van der Waals surface area contributed by atoms with Gasteiger partial charge < -0.3 is 19.7 Å². The van der Waals surface area contributed by atoms with Crippen LogP contribution in [0.4, 0.5) is 0 Å². The van der Waals surface area contributed by atoms with Crippen LogP contribution in [0.5, 0.6) is 11.5 Å². The molecule has 0 fully saturated rings. The Morgan fingerprint density at radius 2 is 2.05 bits per heavy atom. The van der Waals surface area contributed by atoms with Crippen LogP contribution < -0.4 is 14.8 Å². The zero-order chi connectivity index (χ0) is 15.1. The Morgan fingerprint density at radius 1 is 1.35 bits per heavy atom. The van der Waals surface area contributed by atoms with Crippen LogP contribution in [0.25, 0.3) is 0 Å². The Labute approximate surface area is 120 Å². The van der Waals surface area contributed by atoms with Gasteiger partial charge in [-0.25, -0.2) is 0 Å². The maximum Gasteiger partial charge on any atom is 0.239 e. The lowest BCUT2D eigenvalue weighted by Gasteiger charge is -2.21. The van der Waals surface area contributed by atoms with Gasteiger partial charge in [-0.05, 0) is 19.9 Å². The van der Waals surface area contributed by atoms with Crippen molar-refractivity contribution in [3.05, 3.63) is 23.8 Å². The average molecular weight is 280 g/mol. The minimum Gasteiger partial charge on any atom is -0.493 e. The highest BCUT2D eigenvalue weighted by molar-refractivity contribution is 5.81. The molecule has 0 saturated heterocycles. The Hall–Kier alpha value is -1.75. The molecular formula is C15H24N2O3. The molecule has 1 aromatic rings. The van der Waals surface area contributed by atoms with Crippen LogP contribution in [0.15, 0.2) is 18.2 Å². The molecule has 0 aromatic heterocycles. The summed E-state index contributed by atoms with van der Waals surface area (Å²) in [7, 11) is 5.02. The molecule has 5 nitrogen and oxygen atoms in total. The van der Waals surface area contributed by atoms with Gasteiger partial charge in [-0.1, -0.05) is 12.1 Å². The van der Waals surface area contributed by atoms with E-state index in [1.54, 1.807) is 26.2 Å². The highest BCUT2D eigenvalue weighted by atomic mass is 16.5. The van der Waals surface area contributed by atoms with Crippen LogP contribution in [0.1, 0.15) is 19.4 Å². The molecule has 1 rings (SSSR count). The summed E-state index contributed by atoms with van der Waals surface area (Å²) >= 11 is 0. The quantitative estimate of drug-likeness (QED) is 0.825. The number of likely N-dealkylation sites (N-methyl/N-ethyl adjacent to an activating group) is 1. The number of carbonyl (C=O) groups is 1. The predicted octanol–water partition coefficient (Wildman–Crippen LogP) is 1.66. The first-order valence-electron chi connectivity index (χ1n) is 6.73. The summed E-state index contributed by atoms with van der Waals surface area (Å²) in [4.78, 5) is 13.7. The van der Waals surface area contributed by atoms with Gasteiger partial charge in [0.05, 0.1) is 20.3 Å². The molecule has 0 aliphatic heterocycles. The third-order valence-electron chi connectivity index (χ3n) is 3.30. The van der Waals surface area contributed by atoms with Crippen molar-refractivity contribution < 1.29 is 14.3 Å². The number of amides is 1. The highest BCUT2D eigenvalue weighted by Crippen LogP contribution is 2.30. The molecule has 5 heteroatoms. The summed E-state index contributed by atoms with van der Waals surface area (Å²) in [6.45, 7) is 5.06. The summed E-state index contributed by atoms with van der Waals surface area (Å²) in [5, 5.41) is 3.21. The van der Waals surface area contributed by atoms with Crippen LogP contribution in [-0.4, -0.2) is 44.7 Å². The molecule has 0 aliphatic carbocycles. The fourth-order valence-corrected chi connectivity index (χ4v) is 1.93. The first-order valence-corrected chi connectivity index (χ1v) is 6.73. The molecule has 1 N–H and O–H groups in total. The van der Waals surface area contributed by atoms with Gasteiger partial charge in [0.25, 0.3) is 0 Å². The van der Waals surface area contributed by atoms with Crippen molar-refractivity contribution in [2.24, 2.45) is 0 Å². The van der Waals surface area contributed by atoms with Crippen molar-refractivity contribution in [3.63, 3.8) is 0 Å². The van der Waals surface area contributed by atoms with Gasteiger partial charge in [0.1, 0.15) is 0 Å². The van der Waals surface area contributed by atoms with Crippen LogP contribution in [0, 0.1) is 0 Å². The van der Waals surface area contributed by atoms with Gasteiger partial charge >= 0.3 is 0 Å². The van der Waals surface area contributed by atoms with E-state index >= 15 is 0 Å². The Morgan fingerprint density at radius 3 is 2.60 bits per heavy atom. The normalized spacial score (nSPS) is 11.8. The molecule has 1 unspecified atom stereocenters. The lowest BCUT2D eigenvalue weighted by molar-refractivity contribution is -0.131. The molecule has 0 aliphatic rings. The number of nitrogens with zero attached hydrogens (tertiary/aromatic N) is 1. The van der Waals surface area contributed by atoms with E-state index in [1.165, 1.54) is 0 Å². The first-order chi connectivity index (χ1) is 9.54. The molecule has 0 spiro atoms. The molecule has 0 radical (unpaired) electrons. The molecule has 0 heterocycles. The molecule has 1 aromatic carbocycles. The summed E-state index contributed by atoms with van der Waals surface area (Å²) in [6, 6.07) is 5.47. The average Bonchev–Trinajstić information content (AvgIpc) is 2.50. The topological polar surface area (TPSA) is 50.8 Å². The maximum atomic E-state index is 12.0. The maximum absolute atomic E-state index is 12.0. The van der Waals surface area contributed by atoms with Crippen molar-refractivity contribution in [3.8, 4) is 11.5 Å². The largest absolute Gasteiger partial charge is 0.493 e. The Bertz CT molecular complexity index is 449. The molecule has 112 valence electrons. The lowest BCUT2D eigenvalue weighted by Crippen LogP contribution is -2.42. The van der Waals surface area contributed by atoms with Crippen molar-refractivity contribution in [2.75, 3.05) is 27.8 Å². The predicted molar refractivity (Wildman–Crippen MR) is 79.2 cm³/mol. The summed E-state index contributed by atoms with van der Waals surface area (Å²) in [5.41, 5.74) is 0.964. The van der Waals surface area contributed by atoms with Crippen molar-refractivity contribution in [1.82, 2.24) is 10.2 Å². The lowest BCUT2D eigenvalue weighted by atomic mass is 10.1.